The predicted octanol–water partition coefficient (Wildman–Crippen LogP) is 9.15. The Morgan fingerprint density at radius 1 is 0.667 bits per heavy atom. The van der Waals surface area contributed by atoms with E-state index in [1.165, 1.54) is 19.3 Å². The first-order valence-electron chi connectivity index (χ1n) is 23.7. The van der Waals surface area contributed by atoms with Gasteiger partial charge in [-0.3, -0.25) is 28.0 Å². The number of phosphoric acid groups is 2. The third-order valence-electron chi connectivity index (χ3n) is 10.5. The maximum absolute atomic E-state index is 12.8. The zero-order valence-corrected chi connectivity index (χ0v) is 41.0. The Morgan fingerprint density at radius 3 is 1.85 bits per heavy atom. The lowest BCUT2D eigenvalue weighted by Gasteiger charge is -2.20. The molecule has 378 valence electrons. The first kappa shape index (κ1) is 61.2. The molecule has 18 heteroatoms. The minimum absolute atomic E-state index is 0.00666. The maximum Gasteiger partial charge on any atom is 0.472 e. The topological polar surface area (TPSA) is 253 Å². The number of phosphoric ester groups is 2. The van der Waals surface area contributed by atoms with Gasteiger partial charge in [-0.2, -0.15) is 0 Å². The number of hydrogen-bond donors (Lipinski definition) is 6. The van der Waals surface area contributed by atoms with Crippen molar-refractivity contribution < 1.29 is 76.6 Å². The first-order chi connectivity index (χ1) is 31.6. The number of rotatable bonds is 40. The number of aliphatic hydroxyl groups excluding tert-OH is 3. The van der Waals surface area contributed by atoms with E-state index >= 15 is 0 Å². The van der Waals surface area contributed by atoms with E-state index in [-0.39, 0.29) is 36.9 Å². The van der Waals surface area contributed by atoms with E-state index in [0.29, 0.717) is 51.4 Å². The predicted molar refractivity (Wildman–Crippen MR) is 254 cm³/mol. The molecule has 7 atom stereocenters. The number of ether oxygens (including phenoxy) is 2. The van der Waals surface area contributed by atoms with Crippen LogP contribution >= 0.6 is 15.6 Å². The fourth-order valence-corrected chi connectivity index (χ4v) is 7.97. The van der Waals surface area contributed by atoms with Crippen molar-refractivity contribution in [2.24, 2.45) is 11.8 Å². The second kappa shape index (κ2) is 38.1. The summed E-state index contributed by atoms with van der Waals surface area (Å²) in [5.41, 5.74) is 0. The molecule has 1 fully saturated rings. The molecular formula is C48H80O16P2. The van der Waals surface area contributed by atoms with E-state index < -0.39 is 78.4 Å². The summed E-state index contributed by atoms with van der Waals surface area (Å²) in [6.45, 7) is 1.27. The van der Waals surface area contributed by atoms with Crippen molar-refractivity contribution in [2.75, 3.05) is 26.4 Å². The molecule has 1 unspecified atom stereocenters. The Morgan fingerprint density at radius 2 is 1.23 bits per heavy atom. The average Bonchev–Trinajstić information content (AvgIpc) is 3.54. The summed E-state index contributed by atoms with van der Waals surface area (Å²) in [6, 6.07) is 0. The highest BCUT2D eigenvalue weighted by Gasteiger charge is 2.39. The lowest BCUT2D eigenvalue weighted by atomic mass is 9.88. The Labute approximate surface area is 393 Å². The van der Waals surface area contributed by atoms with Gasteiger partial charge in [-0.1, -0.05) is 138 Å². The molecule has 1 rings (SSSR count). The highest BCUT2D eigenvalue weighted by molar-refractivity contribution is 7.47. The number of carbonyl (C=O) groups is 3. The number of ketones is 1. The molecule has 0 radical (unpaired) electrons. The minimum atomic E-state index is -4.91. The third kappa shape index (κ3) is 34.4. The van der Waals surface area contributed by atoms with Crippen LogP contribution in [-0.2, 0) is 46.6 Å². The van der Waals surface area contributed by atoms with E-state index in [1.54, 1.807) is 12.2 Å². The highest BCUT2D eigenvalue weighted by Crippen LogP contribution is 2.44. The summed E-state index contributed by atoms with van der Waals surface area (Å²) < 4.78 is 47.8. The Balaban J connectivity index is 2.57. The highest BCUT2D eigenvalue weighted by atomic mass is 31.2. The smallest absolute Gasteiger partial charge is 0.462 e. The Hall–Kier alpha value is -2.85. The van der Waals surface area contributed by atoms with Crippen molar-refractivity contribution in [3.05, 3.63) is 72.9 Å². The fraction of sp³-hybridized carbons (Fsp3) is 0.688. The van der Waals surface area contributed by atoms with E-state index in [2.05, 4.69) is 65.4 Å². The molecule has 16 nitrogen and oxygen atoms in total. The van der Waals surface area contributed by atoms with Crippen molar-refractivity contribution in [3.63, 3.8) is 0 Å². The summed E-state index contributed by atoms with van der Waals surface area (Å²) in [4.78, 5) is 65.6. The first-order valence-corrected chi connectivity index (χ1v) is 26.8. The van der Waals surface area contributed by atoms with Crippen LogP contribution in [0.1, 0.15) is 149 Å². The summed E-state index contributed by atoms with van der Waals surface area (Å²) >= 11 is 0. The number of Topliss-reactive ketones (excluding diaryl/α,β-unsaturated/α-hetero) is 1. The monoisotopic (exact) mass is 974 g/mol. The van der Waals surface area contributed by atoms with Gasteiger partial charge in [0.1, 0.15) is 18.5 Å². The molecule has 0 heterocycles. The molecule has 0 spiro atoms. The van der Waals surface area contributed by atoms with Crippen LogP contribution in [0.15, 0.2) is 72.9 Å². The molecule has 0 aromatic rings. The molecule has 0 aromatic heterocycles. The van der Waals surface area contributed by atoms with Crippen molar-refractivity contribution in [1.29, 1.82) is 0 Å². The van der Waals surface area contributed by atoms with Gasteiger partial charge in [-0.25, -0.2) is 9.13 Å². The van der Waals surface area contributed by atoms with Crippen LogP contribution in [0.2, 0.25) is 0 Å². The van der Waals surface area contributed by atoms with E-state index in [9.17, 15) is 43.7 Å². The van der Waals surface area contributed by atoms with Crippen molar-refractivity contribution in [2.45, 2.75) is 173 Å². The van der Waals surface area contributed by atoms with Gasteiger partial charge in [0.2, 0.25) is 0 Å². The van der Waals surface area contributed by atoms with Gasteiger partial charge in [0.05, 0.1) is 32.0 Å². The number of esters is 2. The van der Waals surface area contributed by atoms with Crippen molar-refractivity contribution in [3.8, 4) is 0 Å². The zero-order chi connectivity index (χ0) is 48.9. The van der Waals surface area contributed by atoms with Crippen molar-refractivity contribution in [1.82, 2.24) is 0 Å². The van der Waals surface area contributed by atoms with E-state index in [1.807, 2.05) is 18.2 Å². The van der Waals surface area contributed by atoms with Gasteiger partial charge in [0, 0.05) is 31.1 Å². The van der Waals surface area contributed by atoms with Crippen LogP contribution in [0, 0.1) is 11.8 Å². The fourth-order valence-electron chi connectivity index (χ4n) is 6.81. The van der Waals surface area contributed by atoms with Gasteiger partial charge in [-0.15, -0.1) is 0 Å². The molecule has 66 heavy (non-hydrogen) atoms. The number of hydrogen-bond acceptors (Lipinski definition) is 13. The molecule has 0 saturated heterocycles. The van der Waals surface area contributed by atoms with Gasteiger partial charge in [0.15, 0.2) is 6.10 Å². The number of carbonyl (C=O) groups excluding carboxylic acids is 3. The minimum Gasteiger partial charge on any atom is -0.462 e. The van der Waals surface area contributed by atoms with E-state index in [4.69, 9.17) is 23.8 Å². The number of allylic oxidation sites excluding steroid dienone is 10. The molecule has 1 aliphatic rings. The summed E-state index contributed by atoms with van der Waals surface area (Å²) in [5, 5.41) is 30.5. The molecule has 0 bridgehead atoms. The van der Waals surface area contributed by atoms with E-state index in [0.717, 1.165) is 44.9 Å². The van der Waals surface area contributed by atoms with Crippen molar-refractivity contribution >= 4 is 33.4 Å². The van der Waals surface area contributed by atoms with Crippen LogP contribution in [0.5, 0.6) is 0 Å². The summed E-state index contributed by atoms with van der Waals surface area (Å²) in [5.74, 6) is -2.00. The van der Waals surface area contributed by atoms with Gasteiger partial charge >= 0.3 is 27.6 Å². The third-order valence-corrected chi connectivity index (χ3v) is 11.9. The molecule has 1 aliphatic carbocycles. The van der Waals surface area contributed by atoms with Gasteiger partial charge in [-0.05, 0) is 64.2 Å². The van der Waals surface area contributed by atoms with Crippen LogP contribution < -0.4 is 0 Å². The second-order valence-corrected chi connectivity index (χ2v) is 19.1. The zero-order valence-electron chi connectivity index (χ0n) is 39.2. The molecule has 0 amide bonds. The largest absolute Gasteiger partial charge is 0.472 e. The standard InChI is InChI=1S/C48H80O16P2/c1-3-5-7-8-9-10-11-12-13-14-15-16-17-18-19-20-21-22-27-31-47(53)60-38-42(39-63-66(58,59)62-37-41(50)36-61-65(55,56)57)64-48(54)32-28-24-23-26-30-43-44(46(52)35-45(43)51)34-33-40(49)29-25-6-4-2/h9-10,12-13,15-16,18-19,21-22,33-34,40-44,46,49-50,52H,3-8,11,14,17,20,23-32,35-39H2,1-2H3,(H,58,59)(H2,55,56,57)/b10-9-,13-12-,16-15-,19-18-,22-21-,34-33+/t40-,41-,42+,43+,44+,46+/m0/s1. The average molecular weight is 975 g/mol. The molecular weight excluding hydrogens is 894 g/mol. The van der Waals surface area contributed by atoms with Gasteiger partial charge < -0.3 is 39.5 Å². The maximum atomic E-state index is 12.8. The van der Waals surface area contributed by atoms with Crippen LogP contribution in [0.3, 0.4) is 0 Å². The molecule has 6 N–H and O–H groups in total. The normalized spacial score (nSPS) is 19.6. The lowest BCUT2D eigenvalue weighted by molar-refractivity contribution is -0.161. The quantitative estimate of drug-likeness (QED) is 0.0145. The van der Waals surface area contributed by atoms with Crippen LogP contribution in [-0.4, -0.2) is 98.6 Å². The SMILES string of the molecule is CCCCC/C=C\C/C=C\C/C=C\C/C=C\C/C=C\CCC(=O)OC[C@H](COP(=O)(O)OC[C@@H](O)COP(=O)(O)O)OC(=O)CCCCCC[C@H]1C(=O)C[C@@H](O)[C@@H]1/C=C/[C@@H](O)CCCCC. The molecule has 1 saturated carbocycles. The lowest BCUT2D eigenvalue weighted by Crippen LogP contribution is -2.29. The number of aliphatic hydroxyl groups is 3. The number of unbranched alkanes of at least 4 members (excludes halogenated alkanes) is 8. The Bertz CT molecular complexity index is 1600. The molecule has 0 aromatic carbocycles. The van der Waals surface area contributed by atoms with Gasteiger partial charge in [0.25, 0.3) is 0 Å². The Kier molecular flexibility index (Phi) is 35.3. The van der Waals surface area contributed by atoms with Crippen LogP contribution in [0.4, 0.5) is 0 Å². The molecule has 0 aliphatic heterocycles. The second-order valence-electron chi connectivity index (χ2n) is 16.5. The van der Waals surface area contributed by atoms with Crippen LogP contribution in [0.25, 0.3) is 0 Å². The summed E-state index contributed by atoms with van der Waals surface area (Å²) in [7, 11) is -9.81. The summed E-state index contributed by atoms with van der Waals surface area (Å²) in [6.07, 6.45) is 35.2.